The molecule has 1 aliphatic heterocycles. The summed E-state index contributed by atoms with van der Waals surface area (Å²) in [5, 5.41) is 17.2. The largest absolute Gasteiger partial charge is 0.481 e. The predicted molar refractivity (Wildman–Crippen MR) is 64.9 cm³/mol. The van der Waals surface area contributed by atoms with Gasteiger partial charge < -0.3 is 9.67 Å². The van der Waals surface area contributed by atoms with Crippen LogP contribution in [0.2, 0.25) is 0 Å². The van der Waals surface area contributed by atoms with Crippen LogP contribution in [0.1, 0.15) is 12.2 Å². The molecule has 0 amide bonds. The molecule has 5 nitrogen and oxygen atoms in total. The van der Waals surface area contributed by atoms with E-state index in [0.29, 0.717) is 30.8 Å². The Bertz CT molecular complexity index is 639. The Morgan fingerprint density at radius 2 is 2.26 bits per heavy atom. The zero-order chi connectivity index (χ0) is 13.4. The van der Waals surface area contributed by atoms with E-state index in [1.807, 2.05) is 0 Å². The van der Waals surface area contributed by atoms with Crippen molar-refractivity contribution in [2.75, 3.05) is 0 Å². The van der Waals surface area contributed by atoms with Crippen LogP contribution in [0.5, 0.6) is 0 Å². The third kappa shape index (κ3) is 2.09. The van der Waals surface area contributed by atoms with Crippen LogP contribution in [-0.2, 0) is 17.8 Å². The van der Waals surface area contributed by atoms with Crippen LogP contribution < -0.4 is 0 Å². The van der Waals surface area contributed by atoms with Crippen molar-refractivity contribution in [1.29, 1.82) is 0 Å². The normalized spacial score (nSPS) is 18.1. The first-order valence-corrected chi connectivity index (χ1v) is 6.06. The molecule has 0 aliphatic carbocycles. The first-order chi connectivity index (χ1) is 9.15. The van der Waals surface area contributed by atoms with Gasteiger partial charge in [-0.1, -0.05) is 12.1 Å². The Morgan fingerprint density at radius 1 is 1.42 bits per heavy atom. The van der Waals surface area contributed by atoms with E-state index in [4.69, 9.17) is 5.11 Å². The lowest BCUT2D eigenvalue weighted by Crippen LogP contribution is -2.27. The van der Waals surface area contributed by atoms with Crippen LogP contribution in [-0.4, -0.2) is 25.8 Å². The predicted octanol–water partition coefficient (Wildman–Crippen LogP) is 1.73. The minimum atomic E-state index is -0.815. The monoisotopic (exact) mass is 261 g/mol. The summed E-state index contributed by atoms with van der Waals surface area (Å²) < 4.78 is 15.0. The van der Waals surface area contributed by atoms with Crippen LogP contribution in [0.15, 0.2) is 24.3 Å². The molecule has 1 unspecified atom stereocenters. The molecule has 1 aromatic carbocycles. The number of hydrogen-bond donors (Lipinski definition) is 1. The van der Waals surface area contributed by atoms with E-state index in [9.17, 15) is 9.18 Å². The lowest BCUT2D eigenvalue weighted by molar-refractivity contribution is -0.142. The fraction of sp³-hybridized carbons (Fsp3) is 0.308. The zero-order valence-electron chi connectivity index (χ0n) is 10.1. The number of rotatable bonds is 2. The van der Waals surface area contributed by atoms with Crippen molar-refractivity contribution in [2.24, 2.45) is 5.92 Å². The molecule has 1 aliphatic rings. The topological polar surface area (TPSA) is 68.0 Å². The van der Waals surface area contributed by atoms with Gasteiger partial charge in [0.25, 0.3) is 0 Å². The van der Waals surface area contributed by atoms with Crippen LogP contribution in [0, 0.1) is 11.7 Å². The average molecular weight is 261 g/mol. The van der Waals surface area contributed by atoms with Gasteiger partial charge in [-0.15, -0.1) is 10.2 Å². The van der Waals surface area contributed by atoms with Gasteiger partial charge in [0.15, 0.2) is 5.82 Å². The molecule has 2 heterocycles. The standard InChI is InChI=1S/C13H12FN3O2/c14-10-3-1-2-8(6-10)12-16-15-11-5-4-9(13(18)19)7-17(11)12/h1-3,6,9H,4-5,7H2,(H,18,19). The summed E-state index contributed by atoms with van der Waals surface area (Å²) in [6, 6.07) is 6.08. The number of nitrogens with zero attached hydrogens (tertiary/aromatic N) is 3. The van der Waals surface area contributed by atoms with Gasteiger partial charge in [-0.2, -0.15) is 0 Å². The molecule has 0 bridgehead atoms. The number of hydrogen-bond acceptors (Lipinski definition) is 3. The molecule has 6 heteroatoms. The van der Waals surface area contributed by atoms with Gasteiger partial charge >= 0.3 is 5.97 Å². The van der Waals surface area contributed by atoms with E-state index in [-0.39, 0.29) is 5.82 Å². The maximum atomic E-state index is 13.2. The number of carboxylic acid groups (broad SMARTS) is 1. The Morgan fingerprint density at radius 3 is 3.00 bits per heavy atom. The van der Waals surface area contributed by atoms with Crippen molar-refractivity contribution < 1.29 is 14.3 Å². The Kier molecular flexibility index (Phi) is 2.77. The molecule has 0 fully saturated rings. The van der Waals surface area contributed by atoms with Crippen LogP contribution in [0.25, 0.3) is 11.4 Å². The zero-order valence-corrected chi connectivity index (χ0v) is 10.1. The molecule has 1 N–H and O–H groups in total. The maximum Gasteiger partial charge on any atom is 0.308 e. The number of fused-ring (bicyclic) bond motifs is 1. The first kappa shape index (κ1) is 11.8. The molecular weight excluding hydrogens is 249 g/mol. The van der Waals surface area contributed by atoms with E-state index < -0.39 is 11.9 Å². The summed E-state index contributed by atoms with van der Waals surface area (Å²) in [4.78, 5) is 11.1. The van der Waals surface area contributed by atoms with E-state index >= 15 is 0 Å². The van der Waals surface area contributed by atoms with Crippen molar-refractivity contribution in [1.82, 2.24) is 14.8 Å². The van der Waals surface area contributed by atoms with E-state index in [1.54, 1.807) is 16.7 Å². The van der Waals surface area contributed by atoms with E-state index in [2.05, 4.69) is 10.2 Å². The highest BCUT2D eigenvalue weighted by atomic mass is 19.1. The summed E-state index contributed by atoms with van der Waals surface area (Å²) in [5.41, 5.74) is 0.616. The number of aromatic nitrogens is 3. The summed E-state index contributed by atoms with van der Waals surface area (Å²) in [5.74, 6) is -0.307. The number of carboxylic acids is 1. The van der Waals surface area contributed by atoms with Crippen molar-refractivity contribution >= 4 is 5.97 Å². The highest BCUT2D eigenvalue weighted by Gasteiger charge is 2.27. The number of benzene rings is 1. The van der Waals surface area contributed by atoms with Crippen molar-refractivity contribution in [3.05, 3.63) is 35.9 Å². The van der Waals surface area contributed by atoms with Gasteiger partial charge in [-0.25, -0.2) is 4.39 Å². The number of halogens is 1. The highest BCUT2D eigenvalue weighted by molar-refractivity contribution is 5.70. The molecule has 1 atom stereocenters. The molecule has 0 radical (unpaired) electrons. The van der Waals surface area contributed by atoms with Gasteiger partial charge in [-0.05, 0) is 18.6 Å². The Balaban J connectivity index is 2.01. The van der Waals surface area contributed by atoms with Crippen molar-refractivity contribution in [2.45, 2.75) is 19.4 Å². The molecular formula is C13H12FN3O2. The van der Waals surface area contributed by atoms with Gasteiger partial charge in [0.2, 0.25) is 0 Å². The van der Waals surface area contributed by atoms with E-state index in [0.717, 1.165) is 5.82 Å². The molecule has 19 heavy (non-hydrogen) atoms. The lowest BCUT2D eigenvalue weighted by atomic mass is 9.99. The highest BCUT2D eigenvalue weighted by Crippen LogP contribution is 2.26. The van der Waals surface area contributed by atoms with Gasteiger partial charge in [-0.3, -0.25) is 4.79 Å². The second-order valence-corrected chi connectivity index (χ2v) is 4.63. The molecule has 3 rings (SSSR count). The molecule has 0 spiro atoms. The van der Waals surface area contributed by atoms with Crippen molar-refractivity contribution in [3.8, 4) is 11.4 Å². The van der Waals surface area contributed by atoms with Gasteiger partial charge in [0.05, 0.1) is 5.92 Å². The van der Waals surface area contributed by atoms with Crippen molar-refractivity contribution in [3.63, 3.8) is 0 Å². The van der Waals surface area contributed by atoms with Gasteiger partial charge in [0, 0.05) is 18.5 Å². The third-order valence-corrected chi connectivity index (χ3v) is 3.38. The quantitative estimate of drug-likeness (QED) is 0.894. The number of aryl methyl sites for hydroxylation is 1. The second kappa shape index (κ2) is 4.46. The Hall–Kier alpha value is -2.24. The van der Waals surface area contributed by atoms with Crippen LogP contribution in [0.3, 0.4) is 0 Å². The molecule has 0 saturated carbocycles. The SMILES string of the molecule is O=C(O)C1CCc2nnc(-c3cccc(F)c3)n2C1. The summed E-state index contributed by atoms with van der Waals surface area (Å²) >= 11 is 0. The number of aliphatic carboxylic acids is 1. The molecule has 1 aromatic heterocycles. The molecule has 98 valence electrons. The average Bonchev–Trinajstić information content (AvgIpc) is 2.81. The summed E-state index contributed by atoms with van der Waals surface area (Å²) in [6.07, 6.45) is 1.15. The minimum absolute atomic E-state index is 0.337. The lowest BCUT2D eigenvalue weighted by Gasteiger charge is -2.21. The maximum absolute atomic E-state index is 13.2. The third-order valence-electron chi connectivity index (χ3n) is 3.38. The molecule has 0 saturated heterocycles. The van der Waals surface area contributed by atoms with Crippen LogP contribution in [0.4, 0.5) is 4.39 Å². The first-order valence-electron chi connectivity index (χ1n) is 6.06. The smallest absolute Gasteiger partial charge is 0.308 e. The fourth-order valence-electron chi connectivity index (χ4n) is 2.37. The molecule has 2 aromatic rings. The Labute approximate surface area is 108 Å². The second-order valence-electron chi connectivity index (χ2n) is 4.63. The minimum Gasteiger partial charge on any atom is -0.481 e. The van der Waals surface area contributed by atoms with Gasteiger partial charge in [0.1, 0.15) is 11.6 Å². The fourth-order valence-corrected chi connectivity index (χ4v) is 2.37. The summed E-state index contributed by atoms with van der Waals surface area (Å²) in [7, 11) is 0. The summed E-state index contributed by atoms with van der Waals surface area (Å²) in [6.45, 7) is 0.337. The van der Waals surface area contributed by atoms with E-state index in [1.165, 1.54) is 12.1 Å². The number of carbonyl (C=O) groups is 1. The van der Waals surface area contributed by atoms with Crippen LogP contribution >= 0.6 is 0 Å².